The molecule has 6 nitrogen and oxygen atoms in total. The van der Waals surface area contributed by atoms with Crippen molar-refractivity contribution in [1.82, 2.24) is 9.97 Å². The molecular weight excluding hydrogens is 383 g/mol. The number of hydrogen-bond donors (Lipinski definition) is 2. The largest absolute Gasteiger partial charge is 0.573 e. The first-order valence-electron chi connectivity index (χ1n) is 6.67. The number of nitrogens with one attached hydrogen (secondary N) is 2. The number of anilines is 2. The topological polar surface area (TPSA) is 84.1 Å². The molecule has 11 heteroatoms. The number of ether oxygens (including phenoxy) is 1. The molecule has 0 bridgehead atoms. The quantitative estimate of drug-likeness (QED) is 0.653. The first-order chi connectivity index (χ1) is 11.6. The van der Waals surface area contributed by atoms with Crippen molar-refractivity contribution in [2.45, 2.75) is 11.3 Å². The summed E-state index contributed by atoms with van der Waals surface area (Å²) in [6.45, 7) is 0. The second kappa shape index (κ2) is 6.12. The molecule has 3 rings (SSSR count). The monoisotopic (exact) mass is 391 g/mol. The highest BCUT2D eigenvalue weighted by molar-refractivity contribution is 8.13. The smallest absolute Gasteiger partial charge is 0.406 e. The number of fused-ring (bicyclic) bond motifs is 1. The van der Waals surface area contributed by atoms with E-state index in [-0.39, 0.29) is 16.6 Å². The zero-order chi connectivity index (χ0) is 18.2. The minimum absolute atomic E-state index is 0.0782. The lowest BCUT2D eigenvalue weighted by atomic mass is 10.3. The maximum absolute atomic E-state index is 12.1. The number of alkyl halides is 3. The molecular formula is C14H9ClF3N3O3S. The maximum Gasteiger partial charge on any atom is 0.573 e. The summed E-state index contributed by atoms with van der Waals surface area (Å²) in [6.07, 6.45) is -4.76. The van der Waals surface area contributed by atoms with Gasteiger partial charge in [-0.15, -0.1) is 13.2 Å². The first kappa shape index (κ1) is 17.4. The Hall–Kier alpha value is -2.46. The van der Waals surface area contributed by atoms with Gasteiger partial charge < -0.3 is 15.0 Å². The van der Waals surface area contributed by atoms with E-state index in [1.165, 1.54) is 30.3 Å². The van der Waals surface area contributed by atoms with Crippen LogP contribution in [0.2, 0.25) is 0 Å². The molecule has 25 heavy (non-hydrogen) atoms. The Morgan fingerprint density at radius 3 is 2.40 bits per heavy atom. The molecule has 1 heterocycles. The summed E-state index contributed by atoms with van der Waals surface area (Å²) < 4.78 is 62.8. The van der Waals surface area contributed by atoms with Crippen molar-refractivity contribution in [3.63, 3.8) is 0 Å². The Morgan fingerprint density at radius 1 is 1.12 bits per heavy atom. The fourth-order valence-electron chi connectivity index (χ4n) is 2.08. The van der Waals surface area contributed by atoms with Crippen molar-refractivity contribution >= 4 is 42.4 Å². The maximum atomic E-state index is 12.1. The molecule has 0 fully saturated rings. The molecule has 0 saturated carbocycles. The SMILES string of the molecule is O=S(=O)(Cl)c1ccc2nc(Nc3ccc(OC(F)(F)F)cc3)[nH]c2c1. The van der Waals surface area contributed by atoms with Crippen LogP contribution in [0, 0.1) is 0 Å². The highest BCUT2D eigenvalue weighted by Gasteiger charge is 2.30. The van der Waals surface area contributed by atoms with Gasteiger partial charge in [-0.3, -0.25) is 0 Å². The third-order valence-electron chi connectivity index (χ3n) is 3.09. The van der Waals surface area contributed by atoms with Gasteiger partial charge in [-0.05, 0) is 42.5 Å². The van der Waals surface area contributed by atoms with Crippen LogP contribution >= 0.6 is 10.7 Å². The van der Waals surface area contributed by atoms with Crippen molar-refractivity contribution in [3.05, 3.63) is 42.5 Å². The van der Waals surface area contributed by atoms with Gasteiger partial charge in [0.2, 0.25) is 5.95 Å². The molecule has 2 N–H and O–H groups in total. The van der Waals surface area contributed by atoms with E-state index in [4.69, 9.17) is 10.7 Å². The van der Waals surface area contributed by atoms with Gasteiger partial charge in [-0.1, -0.05) is 0 Å². The van der Waals surface area contributed by atoms with E-state index in [0.29, 0.717) is 16.7 Å². The normalized spacial score (nSPS) is 12.3. The molecule has 0 radical (unpaired) electrons. The third-order valence-corrected chi connectivity index (χ3v) is 4.44. The molecule has 0 aliphatic rings. The van der Waals surface area contributed by atoms with Crippen LogP contribution in [0.3, 0.4) is 0 Å². The van der Waals surface area contributed by atoms with Crippen molar-refractivity contribution in [2.75, 3.05) is 5.32 Å². The lowest BCUT2D eigenvalue weighted by molar-refractivity contribution is -0.274. The van der Waals surface area contributed by atoms with E-state index in [1.807, 2.05) is 0 Å². The molecule has 0 aliphatic heterocycles. The summed E-state index contributed by atoms with van der Waals surface area (Å²) >= 11 is 0. The molecule has 0 saturated heterocycles. The van der Waals surface area contributed by atoms with Crippen LogP contribution in [0.25, 0.3) is 11.0 Å². The summed E-state index contributed by atoms with van der Waals surface area (Å²) in [5, 5.41) is 2.86. The Balaban J connectivity index is 1.81. The number of imidazole rings is 1. The number of rotatable bonds is 4. The van der Waals surface area contributed by atoms with Crippen LogP contribution in [-0.2, 0) is 9.05 Å². The molecule has 0 unspecified atom stereocenters. The van der Waals surface area contributed by atoms with Crippen molar-refractivity contribution in [1.29, 1.82) is 0 Å². The summed E-state index contributed by atoms with van der Waals surface area (Å²) in [7, 11) is 1.42. The van der Waals surface area contributed by atoms with Gasteiger partial charge in [0.15, 0.2) is 0 Å². The highest BCUT2D eigenvalue weighted by Crippen LogP contribution is 2.26. The molecule has 0 spiro atoms. The van der Waals surface area contributed by atoms with Crippen LogP contribution in [0.4, 0.5) is 24.8 Å². The number of nitrogens with zero attached hydrogens (tertiary/aromatic N) is 1. The van der Waals surface area contributed by atoms with E-state index in [9.17, 15) is 21.6 Å². The second-order valence-electron chi connectivity index (χ2n) is 4.90. The second-order valence-corrected chi connectivity index (χ2v) is 7.47. The minimum atomic E-state index is -4.76. The van der Waals surface area contributed by atoms with Gasteiger partial charge in [-0.2, -0.15) is 0 Å². The fraction of sp³-hybridized carbons (Fsp3) is 0.0714. The zero-order valence-electron chi connectivity index (χ0n) is 12.1. The van der Waals surface area contributed by atoms with Gasteiger partial charge in [0.1, 0.15) is 5.75 Å². The summed E-state index contributed by atoms with van der Waals surface area (Å²) in [4.78, 5) is 6.97. The van der Waals surface area contributed by atoms with Crippen LogP contribution in [0.15, 0.2) is 47.4 Å². The number of aromatic amines is 1. The van der Waals surface area contributed by atoms with Crippen molar-refractivity contribution in [2.24, 2.45) is 0 Å². The molecule has 3 aromatic rings. The predicted octanol–water partition coefficient (Wildman–Crippen LogP) is 4.13. The zero-order valence-corrected chi connectivity index (χ0v) is 13.7. The standard InChI is InChI=1S/C14H9ClF3N3O3S/c15-25(22,23)10-5-6-11-12(7-10)21-13(20-11)19-8-1-3-9(4-2-8)24-14(16,17)18/h1-7H,(H2,19,20,21). The lowest BCUT2D eigenvalue weighted by Gasteiger charge is -2.09. The molecule has 2 aromatic carbocycles. The van der Waals surface area contributed by atoms with E-state index in [0.717, 1.165) is 12.1 Å². The highest BCUT2D eigenvalue weighted by atomic mass is 35.7. The van der Waals surface area contributed by atoms with E-state index >= 15 is 0 Å². The molecule has 0 atom stereocenters. The Bertz CT molecular complexity index is 1020. The Labute approximate surface area is 144 Å². The van der Waals surface area contributed by atoms with E-state index in [2.05, 4.69) is 20.0 Å². The number of halogens is 4. The lowest BCUT2D eigenvalue weighted by Crippen LogP contribution is -2.16. The molecule has 1 aromatic heterocycles. The van der Waals surface area contributed by atoms with Crippen LogP contribution in [0.5, 0.6) is 5.75 Å². The van der Waals surface area contributed by atoms with Crippen LogP contribution < -0.4 is 10.1 Å². The minimum Gasteiger partial charge on any atom is -0.406 e. The number of H-pyrrole nitrogens is 1. The number of hydrogen-bond acceptors (Lipinski definition) is 5. The van der Waals surface area contributed by atoms with Gasteiger partial charge >= 0.3 is 6.36 Å². The summed E-state index contributed by atoms with van der Waals surface area (Å²) in [5.74, 6) is -0.0665. The van der Waals surface area contributed by atoms with Crippen molar-refractivity contribution < 1.29 is 26.3 Å². The summed E-state index contributed by atoms with van der Waals surface area (Å²) in [5.41, 5.74) is 1.38. The van der Waals surface area contributed by atoms with E-state index < -0.39 is 15.4 Å². The molecule has 132 valence electrons. The molecule has 0 amide bonds. The van der Waals surface area contributed by atoms with Gasteiger partial charge in [0.05, 0.1) is 15.9 Å². The summed E-state index contributed by atoms with van der Waals surface area (Å²) in [6, 6.07) is 9.18. The van der Waals surface area contributed by atoms with Crippen molar-refractivity contribution in [3.8, 4) is 5.75 Å². The van der Waals surface area contributed by atoms with Crippen LogP contribution in [0.1, 0.15) is 0 Å². The molecule has 0 aliphatic carbocycles. The van der Waals surface area contributed by atoms with Gasteiger partial charge in [0.25, 0.3) is 9.05 Å². The average Bonchev–Trinajstić information content (AvgIpc) is 2.88. The average molecular weight is 392 g/mol. The Kier molecular flexibility index (Phi) is 4.25. The van der Waals surface area contributed by atoms with Crippen LogP contribution in [-0.4, -0.2) is 24.7 Å². The fourth-order valence-corrected chi connectivity index (χ4v) is 2.85. The van der Waals surface area contributed by atoms with E-state index in [1.54, 1.807) is 0 Å². The van der Waals surface area contributed by atoms with Gasteiger partial charge in [0, 0.05) is 16.4 Å². The van der Waals surface area contributed by atoms with Gasteiger partial charge in [-0.25, -0.2) is 13.4 Å². The number of aromatic nitrogens is 2. The number of benzene rings is 2. The third kappa shape index (κ3) is 4.34. The first-order valence-corrected chi connectivity index (χ1v) is 8.98. The predicted molar refractivity (Wildman–Crippen MR) is 85.5 cm³/mol. The Morgan fingerprint density at radius 2 is 1.80 bits per heavy atom.